The van der Waals surface area contributed by atoms with Gasteiger partial charge in [-0.1, -0.05) is 65.4 Å². The van der Waals surface area contributed by atoms with Crippen LogP contribution >= 0.6 is 22.9 Å². The highest BCUT2D eigenvalue weighted by atomic mass is 35.5. The largest absolute Gasteiger partial charge is 0.296 e. The van der Waals surface area contributed by atoms with Crippen molar-refractivity contribution in [2.75, 3.05) is 16.7 Å². The van der Waals surface area contributed by atoms with E-state index in [-0.39, 0.29) is 16.1 Å². The third-order valence-corrected chi connectivity index (χ3v) is 7.55. The van der Waals surface area contributed by atoms with Gasteiger partial charge >= 0.3 is 0 Å². The number of carbonyl (C=O) groups is 1. The van der Waals surface area contributed by atoms with E-state index >= 15 is 0 Å². The Kier molecular flexibility index (Phi) is 6.22. The lowest BCUT2D eigenvalue weighted by Crippen LogP contribution is -2.29. The molecule has 162 valence electrons. The summed E-state index contributed by atoms with van der Waals surface area (Å²) >= 11 is 7.12. The molecule has 1 heterocycles. The van der Waals surface area contributed by atoms with Crippen LogP contribution in [0.5, 0.6) is 0 Å². The SMILES string of the molecule is CN(c1ccccc1C(=O)Nc1nnc(-c2ccc(Cl)cc2)s1)S(=O)(=O)c1ccccc1. The minimum Gasteiger partial charge on any atom is -0.296 e. The number of benzene rings is 3. The number of carbonyl (C=O) groups excluding carboxylic acids is 1. The Hall–Kier alpha value is -3.27. The van der Waals surface area contributed by atoms with E-state index in [2.05, 4.69) is 15.5 Å². The Morgan fingerprint density at radius 2 is 1.59 bits per heavy atom. The van der Waals surface area contributed by atoms with E-state index in [0.717, 1.165) is 9.87 Å². The fourth-order valence-corrected chi connectivity index (χ4v) is 5.07. The predicted octanol–water partition coefficient (Wildman–Crippen LogP) is 4.94. The fourth-order valence-electron chi connectivity index (χ4n) is 2.97. The van der Waals surface area contributed by atoms with Gasteiger partial charge in [-0.05, 0) is 36.4 Å². The van der Waals surface area contributed by atoms with Crippen molar-refractivity contribution in [3.8, 4) is 10.6 Å². The van der Waals surface area contributed by atoms with Gasteiger partial charge in [0.15, 0.2) is 0 Å². The quantitative estimate of drug-likeness (QED) is 0.418. The van der Waals surface area contributed by atoms with Crippen LogP contribution in [0.25, 0.3) is 10.6 Å². The number of hydrogen-bond acceptors (Lipinski definition) is 6. The molecule has 10 heteroatoms. The first-order chi connectivity index (χ1) is 15.4. The third kappa shape index (κ3) is 4.50. The highest BCUT2D eigenvalue weighted by Gasteiger charge is 2.25. The van der Waals surface area contributed by atoms with Gasteiger partial charge in [0.25, 0.3) is 15.9 Å². The van der Waals surface area contributed by atoms with Gasteiger partial charge in [0.1, 0.15) is 5.01 Å². The Balaban J connectivity index is 1.59. The molecule has 0 aliphatic rings. The van der Waals surface area contributed by atoms with Crippen molar-refractivity contribution in [2.45, 2.75) is 4.90 Å². The number of amides is 1. The van der Waals surface area contributed by atoms with E-state index in [4.69, 9.17) is 11.6 Å². The number of para-hydroxylation sites is 1. The minimum absolute atomic E-state index is 0.134. The Bertz CT molecular complexity index is 1360. The molecular formula is C22H17ClN4O3S2. The maximum absolute atomic E-state index is 13.0. The second kappa shape index (κ2) is 9.07. The van der Waals surface area contributed by atoms with Crippen molar-refractivity contribution in [3.63, 3.8) is 0 Å². The van der Waals surface area contributed by atoms with E-state index < -0.39 is 15.9 Å². The fraction of sp³-hybridized carbons (Fsp3) is 0.0455. The number of nitrogens with zero attached hydrogens (tertiary/aromatic N) is 3. The molecule has 0 saturated carbocycles. The summed E-state index contributed by atoms with van der Waals surface area (Å²) in [6, 6.07) is 21.6. The molecule has 0 aliphatic carbocycles. The lowest BCUT2D eigenvalue weighted by Gasteiger charge is -2.21. The molecule has 1 amide bonds. The minimum atomic E-state index is -3.84. The molecule has 0 unspecified atom stereocenters. The van der Waals surface area contributed by atoms with Gasteiger partial charge in [-0.3, -0.25) is 14.4 Å². The summed E-state index contributed by atoms with van der Waals surface area (Å²) in [7, 11) is -2.42. The van der Waals surface area contributed by atoms with Crippen LogP contribution in [0, 0.1) is 0 Å². The first kappa shape index (κ1) is 21.9. The zero-order valence-corrected chi connectivity index (χ0v) is 19.2. The summed E-state index contributed by atoms with van der Waals surface area (Å²) in [6.45, 7) is 0. The first-order valence-corrected chi connectivity index (χ1v) is 12.0. The second-order valence-corrected chi connectivity index (χ2v) is 10.1. The van der Waals surface area contributed by atoms with Gasteiger partial charge in [-0.15, -0.1) is 10.2 Å². The van der Waals surface area contributed by atoms with Crippen molar-refractivity contribution < 1.29 is 13.2 Å². The monoisotopic (exact) mass is 484 g/mol. The normalized spacial score (nSPS) is 11.2. The number of halogens is 1. The van der Waals surface area contributed by atoms with Crippen LogP contribution in [0.15, 0.2) is 83.8 Å². The Morgan fingerprint density at radius 3 is 2.31 bits per heavy atom. The number of rotatable bonds is 6. The number of nitrogens with one attached hydrogen (secondary N) is 1. The van der Waals surface area contributed by atoms with Crippen molar-refractivity contribution in [3.05, 3.63) is 89.4 Å². The zero-order chi connectivity index (χ0) is 22.7. The lowest BCUT2D eigenvalue weighted by molar-refractivity contribution is 0.102. The topological polar surface area (TPSA) is 92.3 Å². The van der Waals surface area contributed by atoms with Crippen LogP contribution in [0.2, 0.25) is 5.02 Å². The van der Waals surface area contributed by atoms with E-state index in [1.165, 1.54) is 30.5 Å². The second-order valence-electron chi connectivity index (χ2n) is 6.68. The average molecular weight is 485 g/mol. The molecule has 7 nitrogen and oxygen atoms in total. The van der Waals surface area contributed by atoms with Crippen molar-refractivity contribution in [2.24, 2.45) is 0 Å². The smallest absolute Gasteiger partial charge is 0.264 e. The molecule has 0 atom stereocenters. The number of aromatic nitrogens is 2. The molecular weight excluding hydrogens is 468 g/mol. The van der Waals surface area contributed by atoms with Crippen molar-refractivity contribution in [1.82, 2.24) is 10.2 Å². The van der Waals surface area contributed by atoms with Gasteiger partial charge < -0.3 is 0 Å². The molecule has 0 spiro atoms. The van der Waals surface area contributed by atoms with E-state index in [1.54, 1.807) is 54.6 Å². The van der Waals surface area contributed by atoms with Gasteiger partial charge in [-0.2, -0.15) is 0 Å². The van der Waals surface area contributed by atoms with Gasteiger partial charge in [0.05, 0.1) is 16.1 Å². The molecule has 1 aromatic heterocycles. The van der Waals surface area contributed by atoms with Crippen LogP contribution in [-0.2, 0) is 10.0 Å². The lowest BCUT2D eigenvalue weighted by atomic mass is 10.1. The first-order valence-electron chi connectivity index (χ1n) is 9.40. The third-order valence-electron chi connectivity index (χ3n) is 4.63. The summed E-state index contributed by atoms with van der Waals surface area (Å²) < 4.78 is 27.1. The predicted molar refractivity (Wildman–Crippen MR) is 127 cm³/mol. The summed E-state index contributed by atoms with van der Waals surface area (Å²) in [5.74, 6) is -0.491. The Morgan fingerprint density at radius 1 is 0.938 bits per heavy atom. The summed E-state index contributed by atoms with van der Waals surface area (Å²) in [4.78, 5) is 13.1. The van der Waals surface area contributed by atoms with Crippen molar-refractivity contribution >= 4 is 49.7 Å². The molecule has 0 fully saturated rings. The number of hydrogen-bond donors (Lipinski definition) is 1. The van der Waals surface area contributed by atoms with Gasteiger partial charge in [-0.25, -0.2) is 8.42 Å². The highest BCUT2D eigenvalue weighted by molar-refractivity contribution is 7.92. The maximum Gasteiger partial charge on any atom is 0.264 e. The molecule has 0 radical (unpaired) electrons. The number of anilines is 2. The summed E-state index contributed by atoms with van der Waals surface area (Å²) in [5, 5.41) is 12.4. The van der Waals surface area contributed by atoms with Crippen LogP contribution in [0.4, 0.5) is 10.8 Å². The zero-order valence-electron chi connectivity index (χ0n) is 16.8. The summed E-state index contributed by atoms with van der Waals surface area (Å²) in [6.07, 6.45) is 0. The average Bonchev–Trinajstić information content (AvgIpc) is 3.28. The van der Waals surface area contributed by atoms with Gasteiger partial charge in [0.2, 0.25) is 5.13 Å². The van der Waals surface area contributed by atoms with Crippen LogP contribution < -0.4 is 9.62 Å². The van der Waals surface area contributed by atoms with Crippen molar-refractivity contribution in [1.29, 1.82) is 0 Å². The van der Waals surface area contributed by atoms with Gasteiger partial charge in [0, 0.05) is 17.6 Å². The van der Waals surface area contributed by atoms with Crippen LogP contribution in [0.1, 0.15) is 10.4 Å². The summed E-state index contributed by atoms with van der Waals surface area (Å²) in [5.41, 5.74) is 1.26. The maximum atomic E-state index is 13.0. The van der Waals surface area contributed by atoms with Crippen LogP contribution in [0.3, 0.4) is 0 Å². The van der Waals surface area contributed by atoms with E-state index in [1.807, 2.05) is 12.1 Å². The molecule has 4 rings (SSSR count). The molecule has 3 aromatic carbocycles. The highest BCUT2D eigenvalue weighted by Crippen LogP contribution is 2.29. The molecule has 0 bridgehead atoms. The van der Waals surface area contributed by atoms with E-state index in [0.29, 0.717) is 15.2 Å². The van der Waals surface area contributed by atoms with Crippen LogP contribution in [-0.4, -0.2) is 31.6 Å². The standard InChI is InChI=1S/C22H17ClN4O3S2/c1-27(32(29,30)17-7-3-2-4-8-17)19-10-6-5-9-18(19)20(28)24-22-26-25-21(31-22)15-11-13-16(23)14-12-15/h2-14H,1H3,(H,24,26,28). The number of sulfonamides is 1. The molecule has 4 aromatic rings. The molecule has 1 N–H and O–H groups in total. The Labute approximate surface area is 194 Å². The molecule has 0 saturated heterocycles. The molecule has 0 aliphatic heterocycles. The molecule has 32 heavy (non-hydrogen) atoms. The van der Waals surface area contributed by atoms with E-state index in [9.17, 15) is 13.2 Å².